The van der Waals surface area contributed by atoms with Crippen molar-refractivity contribution in [1.82, 2.24) is 10.2 Å². The van der Waals surface area contributed by atoms with E-state index in [0.717, 1.165) is 26.3 Å². The van der Waals surface area contributed by atoms with E-state index in [0.29, 0.717) is 6.67 Å². The van der Waals surface area contributed by atoms with Crippen LogP contribution in [0.4, 0.5) is 0 Å². The van der Waals surface area contributed by atoms with Gasteiger partial charge in [0.2, 0.25) is 5.91 Å². The van der Waals surface area contributed by atoms with Gasteiger partial charge in [0.25, 0.3) is 0 Å². The number of amides is 1. The van der Waals surface area contributed by atoms with Gasteiger partial charge in [-0.05, 0) is 0 Å². The minimum Gasteiger partial charge on any atom is -0.379 e. The van der Waals surface area contributed by atoms with Gasteiger partial charge < -0.3 is 10.1 Å². The Kier molecular flexibility index (Phi) is 6.87. The second-order valence-electron chi connectivity index (χ2n) is 3.58. The zero-order valence-electron chi connectivity index (χ0n) is 8.78. The van der Waals surface area contributed by atoms with Crippen LogP contribution in [0.3, 0.4) is 0 Å². The van der Waals surface area contributed by atoms with Gasteiger partial charge in [0.15, 0.2) is 0 Å². The van der Waals surface area contributed by atoms with E-state index in [1.165, 1.54) is 0 Å². The molecule has 5 heteroatoms. The third-order valence-corrected chi connectivity index (χ3v) is 2.10. The van der Waals surface area contributed by atoms with Crippen LogP contribution < -0.4 is 5.32 Å². The summed E-state index contributed by atoms with van der Waals surface area (Å²) in [4.78, 5) is 13.4. The Bertz CT molecular complexity index is 170. The van der Waals surface area contributed by atoms with Gasteiger partial charge in [0.1, 0.15) is 0 Å². The largest absolute Gasteiger partial charge is 0.379 e. The quantitative estimate of drug-likeness (QED) is 0.755. The molecule has 0 spiro atoms. The maximum Gasteiger partial charge on any atom is 0.223 e. The molecule has 0 radical (unpaired) electrons. The van der Waals surface area contributed by atoms with Crippen molar-refractivity contribution in [2.24, 2.45) is 5.92 Å². The first kappa shape index (κ1) is 13.7. The van der Waals surface area contributed by atoms with Crippen molar-refractivity contribution < 1.29 is 9.53 Å². The molecule has 1 amide bonds. The zero-order valence-corrected chi connectivity index (χ0v) is 9.60. The second kappa shape index (κ2) is 7.04. The molecule has 1 aliphatic rings. The fraction of sp³-hybridized carbons (Fsp3) is 0.889. The van der Waals surface area contributed by atoms with E-state index >= 15 is 0 Å². The minimum atomic E-state index is 0. The standard InChI is InChI=1S/C9H18N2O2.ClH/c1-8(2)9(12)10-7-11-3-5-13-6-4-11;/h8H,3-7H2,1-2H3,(H,10,12);1H. The van der Waals surface area contributed by atoms with E-state index in [-0.39, 0.29) is 24.2 Å². The van der Waals surface area contributed by atoms with Gasteiger partial charge in [-0.25, -0.2) is 0 Å². The van der Waals surface area contributed by atoms with Crippen LogP contribution >= 0.6 is 12.4 Å². The number of carbonyl (C=O) groups excluding carboxylic acids is 1. The molecule has 0 aromatic carbocycles. The third-order valence-electron chi connectivity index (χ3n) is 2.10. The Hall–Kier alpha value is -0.320. The SMILES string of the molecule is CC(C)C(=O)NCN1CCOCC1.Cl. The molecule has 1 rings (SSSR count). The predicted molar refractivity (Wildman–Crippen MR) is 57.5 cm³/mol. The van der Waals surface area contributed by atoms with Crippen LogP contribution in [0.1, 0.15) is 13.8 Å². The Morgan fingerprint density at radius 3 is 2.50 bits per heavy atom. The number of hydrogen-bond acceptors (Lipinski definition) is 3. The fourth-order valence-corrected chi connectivity index (χ4v) is 1.15. The summed E-state index contributed by atoms with van der Waals surface area (Å²) >= 11 is 0. The molecule has 0 aliphatic carbocycles. The predicted octanol–water partition coefficient (Wildman–Crippen LogP) is 0.470. The van der Waals surface area contributed by atoms with Gasteiger partial charge in [-0.1, -0.05) is 13.8 Å². The Balaban J connectivity index is 0.00000169. The van der Waals surface area contributed by atoms with Gasteiger partial charge in [0.05, 0.1) is 19.9 Å². The molecule has 14 heavy (non-hydrogen) atoms. The Labute approximate surface area is 91.4 Å². The van der Waals surface area contributed by atoms with E-state index in [1.54, 1.807) is 0 Å². The van der Waals surface area contributed by atoms with Crippen LogP contribution in [0.2, 0.25) is 0 Å². The van der Waals surface area contributed by atoms with Gasteiger partial charge in [-0.15, -0.1) is 12.4 Å². The number of halogens is 1. The highest BCUT2D eigenvalue weighted by atomic mass is 35.5. The number of carbonyl (C=O) groups is 1. The average molecular weight is 223 g/mol. The summed E-state index contributed by atoms with van der Waals surface area (Å²) in [5.41, 5.74) is 0. The summed E-state index contributed by atoms with van der Waals surface area (Å²) in [6.07, 6.45) is 0. The maximum atomic E-state index is 11.2. The molecule has 4 nitrogen and oxygen atoms in total. The second-order valence-corrected chi connectivity index (χ2v) is 3.58. The van der Waals surface area contributed by atoms with E-state index in [2.05, 4.69) is 10.2 Å². The topological polar surface area (TPSA) is 41.6 Å². The highest BCUT2D eigenvalue weighted by Gasteiger charge is 2.12. The van der Waals surface area contributed by atoms with Crippen LogP contribution in [0.5, 0.6) is 0 Å². The fourth-order valence-electron chi connectivity index (χ4n) is 1.15. The Morgan fingerprint density at radius 1 is 1.43 bits per heavy atom. The molecule has 1 fully saturated rings. The first-order chi connectivity index (χ1) is 6.20. The molecule has 1 heterocycles. The summed E-state index contributed by atoms with van der Waals surface area (Å²) in [5, 5.41) is 2.88. The van der Waals surface area contributed by atoms with Crippen molar-refractivity contribution in [1.29, 1.82) is 0 Å². The lowest BCUT2D eigenvalue weighted by molar-refractivity contribution is -0.125. The lowest BCUT2D eigenvalue weighted by Gasteiger charge is -2.26. The number of nitrogens with one attached hydrogen (secondary N) is 1. The molecule has 0 saturated carbocycles. The summed E-state index contributed by atoms with van der Waals surface area (Å²) < 4.78 is 5.20. The number of hydrogen-bond donors (Lipinski definition) is 1. The van der Waals surface area contributed by atoms with Gasteiger partial charge in [0, 0.05) is 19.0 Å². The van der Waals surface area contributed by atoms with E-state index in [9.17, 15) is 4.79 Å². The molecular weight excluding hydrogens is 204 g/mol. The molecular formula is C9H19ClN2O2. The third kappa shape index (κ3) is 4.79. The summed E-state index contributed by atoms with van der Waals surface area (Å²) in [7, 11) is 0. The molecule has 1 saturated heterocycles. The summed E-state index contributed by atoms with van der Waals surface area (Å²) in [5.74, 6) is 0.188. The van der Waals surface area contributed by atoms with Gasteiger partial charge in [-0.3, -0.25) is 9.69 Å². The Morgan fingerprint density at radius 2 is 2.00 bits per heavy atom. The number of morpholine rings is 1. The summed E-state index contributed by atoms with van der Waals surface area (Å²) in [6.45, 7) is 7.83. The zero-order chi connectivity index (χ0) is 9.68. The molecule has 0 unspecified atom stereocenters. The number of rotatable bonds is 3. The first-order valence-corrected chi connectivity index (χ1v) is 4.78. The maximum absolute atomic E-state index is 11.2. The van der Waals surface area contributed by atoms with Crippen LogP contribution in [0, 0.1) is 5.92 Å². The molecule has 84 valence electrons. The normalized spacial score (nSPS) is 17.6. The molecule has 0 aromatic heterocycles. The van der Waals surface area contributed by atoms with E-state index < -0.39 is 0 Å². The van der Waals surface area contributed by atoms with Crippen molar-refractivity contribution >= 4 is 18.3 Å². The molecule has 0 aromatic rings. The van der Waals surface area contributed by atoms with Crippen molar-refractivity contribution in [3.05, 3.63) is 0 Å². The van der Waals surface area contributed by atoms with Crippen molar-refractivity contribution in [3.63, 3.8) is 0 Å². The smallest absolute Gasteiger partial charge is 0.223 e. The van der Waals surface area contributed by atoms with Crippen molar-refractivity contribution in [3.8, 4) is 0 Å². The lowest BCUT2D eigenvalue weighted by atomic mass is 10.2. The minimum absolute atomic E-state index is 0. The van der Waals surface area contributed by atoms with E-state index in [1.807, 2.05) is 13.8 Å². The van der Waals surface area contributed by atoms with Crippen LogP contribution in [-0.2, 0) is 9.53 Å². The van der Waals surface area contributed by atoms with Crippen molar-refractivity contribution in [2.45, 2.75) is 13.8 Å². The average Bonchev–Trinajstić information content (AvgIpc) is 2.15. The molecule has 0 bridgehead atoms. The summed E-state index contributed by atoms with van der Waals surface area (Å²) in [6, 6.07) is 0. The molecule has 0 atom stereocenters. The number of ether oxygens (including phenoxy) is 1. The highest BCUT2D eigenvalue weighted by molar-refractivity contribution is 5.85. The molecule has 1 aliphatic heterocycles. The van der Waals surface area contributed by atoms with Crippen LogP contribution in [0.15, 0.2) is 0 Å². The van der Waals surface area contributed by atoms with Gasteiger partial charge >= 0.3 is 0 Å². The van der Waals surface area contributed by atoms with E-state index in [4.69, 9.17) is 4.74 Å². The van der Waals surface area contributed by atoms with Crippen molar-refractivity contribution in [2.75, 3.05) is 33.0 Å². The van der Waals surface area contributed by atoms with Crippen LogP contribution in [0.25, 0.3) is 0 Å². The molecule has 1 N–H and O–H groups in total. The first-order valence-electron chi connectivity index (χ1n) is 4.78. The van der Waals surface area contributed by atoms with Crippen LogP contribution in [-0.4, -0.2) is 43.8 Å². The number of nitrogens with zero attached hydrogens (tertiary/aromatic N) is 1. The monoisotopic (exact) mass is 222 g/mol. The van der Waals surface area contributed by atoms with Gasteiger partial charge in [-0.2, -0.15) is 0 Å². The highest BCUT2D eigenvalue weighted by Crippen LogP contribution is 1.95. The lowest BCUT2D eigenvalue weighted by Crippen LogP contribution is -2.44.